The predicted octanol–water partition coefficient (Wildman–Crippen LogP) is 2.03. The number of carboxylic acid groups (broad SMARTS) is 1. The highest BCUT2D eigenvalue weighted by atomic mass is 16.4. The van der Waals surface area contributed by atoms with Gasteiger partial charge >= 0.3 is 12.0 Å². The molecule has 2 saturated heterocycles. The molecule has 2 fully saturated rings. The van der Waals surface area contributed by atoms with E-state index in [0.29, 0.717) is 31.8 Å². The van der Waals surface area contributed by atoms with Gasteiger partial charge in [-0.1, -0.05) is 13.3 Å². The van der Waals surface area contributed by atoms with E-state index in [2.05, 4.69) is 6.92 Å². The summed E-state index contributed by atoms with van der Waals surface area (Å²) in [5, 5.41) is 9.19. The molecule has 0 bridgehead atoms. The van der Waals surface area contributed by atoms with Crippen LogP contribution >= 0.6 is 0 Å². The van der Waals surface area contributed by atoms with Crippen LogP contribution in [-0.2, 0) is 4.79 Å². The quantitative estimate of drug-likeness (QED) is 0.833. The summed E-state index contributed by atoms with van der Waals surface area (Å²) in [5.74, 6) is -0.107. The summed E-state index contributed by atoms with van der Waals surface area (Å²) >= 11 is 0. The van der Waals surface area contributed by atoms with Crippen molar-refractivity contribution >= 4 is 12.0 Å². The van der Waals surface area contributed by atoms with Crippen LogP contribution in [0.5, 0.6) is 0 Å². The molecule has 0 aromatic rings. The van der Waals surface area contributed by atoms with Gasteiger partial charge in [0.05, 0.1) is 5.41 Å². The molecule has 2 heterocycles. The lowest BCUT2D eigenvalue weighted by Crippen LogP contribution is -2.49. The number of hydrogen-bond acceptors (Lipinski definition) is 2. The zero-order valence-electron chi connectivity index (χ0n) is 11.9. The molecular formula is C14H24N2O3. The zero-order valence-corrected chi connectivity index (χ0v) is 11.9. The van der Waals surface area contributed by atoms with Crippen LogP contribution in [0, 0.1) is 11.3 Å². The maximum atomic E-state index is 12.3. The van der Waals surface area contributed by atoms with Crippen molar-refractivity contribution in [3.63, 3.8) is 0 Å². The van der Waals surface area contributed by atoms with Crippen LogP contribution in [0.4, 0.5) is 4.79 Å². The molecule has 0 radical (unpaired) electrons. The zero-order chi connectivity index (χ0) is 14.0. The lowest BCUT2D eigenvalue weighted by atomic mass is 9.80. The Labute approximate surface area is 114 Å². The Balaban J connectivity index is 1.88. The van der Waals surface area contributed by atoms with E-state index in [0.717, 1.165) is 25.9 Å². The summed E-state index contributed by atoms with van der Waals surface area (Å²) < 4.78 is 0. The lowest BCUT2D eigenvalue weighted by molar-refractivity contribution is -0.150. The molecule has 2 aliphatic rings. The number of nitrogens with zero attached hydrogens (tertiary/aromatic N) is 2. The summed E-state index contributed by atoms with van der Waals surface area (Å²) in [6, 6.07) is 0.100. The first-order chi connectivity index (χ1) is 8.96. The van der Waals surface area contributed by atoms with Gasteiger partial charge in [-0.05, 0) is 32.1 Å². The van der Waals surface area contributed by atoms with Crippen LogP contribution in [0.3, 0.4) is 0 Å². The topological polar surface area (TPSA) is 60.9 Å². The third-order valence-electron chi connectivity index (χ3n) is 4.79. The minimum Gasteiger partial charge on any atom is -0.481 e. The Morgan fingerprint density at radius 3 is 2.32 bits per heavy atom. The molecule has 2 amide bonds. The summed E-state index contributed by atoms with van der Waals surface area (Å²) in [5.41, 5.74) is -0.659. The molecule has 1 unspecified atom stereocenters. The standard InChI is InChI=1S/C14H24N2O3/c1-3-11-4-7-16(10-11)13(19)15-8-5-14(2,6-9-15)12(17)18/h11H,3-10H2,1-2H3,(H,17,18). The molecule has 2 aliphatic heterocycles. The van der Waals surface area contributed by atoms with E-state index in [-0.39, 0.29) is 6.03 Å². The fourth-order valence-corrected chi connectivity index (χ4v) is 2.95. The number of aliphatic carboxylic acids is 1. The Morgan fingerprint density at radius 1 is 1.21 bits per heavy atom. The van der Waals surface area contributed by atoms with Gasteiger partial charge in [0.2, 0.25) is 0 Å². The van der Waals surface area contributed by atoms with E-state index in [1.54, 1.807) is 6.92 Å². The van der Waals surface area contributed by atoms with Crippen LogP contribution in [0.25, 0.3) is 0 Å². The highest BCUT2D eigenvalue weighted by Crippen LogP contribution is 2.32. The molecule has 19 heavy (non-hydrogen) atoms. The molecule has 1 atom stereocenters. The first kappa shape index (κ1) is 14.2. The number of carbonyl (C=O) groups is 2. The molecule has 2 rings (SSSR count). The Bertz CT molecular complexity index is 362. The summed E-state index contributed by atoms with van der Waals surface area (Å²) in [7, 11) is 0. The molecule has 5 nitrogen and oxygen atoms in total. The minimum atomic E-state index is -0.744. The van der Waals surface area contributed by atoms with Crippen molar-refractivity contribution in [1.82, 2.24) is 9.80 Å². The molecule has 1 N–H and O–H groups in total. The molecule has 0 aromatic heterocycles. The number of rotatable bonds is 2. The first-order valence-corrected chi connectivity index (χ1v) is 7.23. The van der Waals surface area contributed by atoms with Gasteiger partial charge in [-0.3, -0.25) is 4.79 Å². The molecule has 5 heteroatoms. The van der Waals surface area contributed by atoms with Crippen LogP contribution in [0.15, 0.2) is 0 Å². The fourth-order valence-electron chi connectivity index (χ4n) is 2.95. The number of carboxylic acids is 1. The van der Waals surface area contributed by atoms with Gasteiger partial charge in [0.15, 0.2) is 0 Å². The van der Waals surface area contributed by atoms with Gasteiger partial charge < -0.3 is 14.9 Å². The summed E-state index contributed by atoms with van der Waals surface area (Å²) in [4.78, 5) is 27.3. The fraction of sp³-hybridized carbons (Fsp3) is 0.857. The maximum absolute atomic E-state index is 12.3. The van der Waals surface area contributed by atoms with E-state index in [1.807, 2.05) is 9.80 Å². The third kappa shape index (κ3) is 2.85. The van der Waals surface area contributed by atoms with Crippen molar-refractivity contribution in [2.75, 3.05) is 26.2 Å². The Kier molecular flexibility index (Phi) is 4.02. The van der Waals surface area contributed by atoms with Crippen molar-refractivity contribution in [3.8, 4) is 0 Å². The van der Waals surface area contributed by atoms with Crippen molar-refractivity contribution in [3.05, 3.63) is 0 Å². The van der Waals surface area contributed by atoms with Gasteiger partial charge in [-0.2, -0.15) is 0 Å². The monoisotopic (exact) mass is 268 g/mol. The van der Waals surface area contributed by atoms with E-state index in [4.69, 9.17) is 0 Å². The highest BCUT2D eigenvalue weighted by molar-refractivity contribution is 5.77. The second kappa shape index (κ2) is 5.39. The minimum absolute atomic E-state index is 0.100. The van der Waals surface area contributed by atoms with Crippen molar-refractivity contribution in [2.24, 2.45) is 11.3 Å². The van der Waals surface area contributed by atoms with Crippen LogP contribution < -0.4 is 0 Å². The maximum Gasteiger partial charge on any atom is 0.320 e. The number of likely N-dealkylation sites (tertiary alicyclic amines) is 2. The summed E-state index contributed by atoms with van der Waals surface area (Å²) in [6.07, 6.45) is 3.34. The van der Waals surface area contributed by atoms with Crippen LogP contribution in [0.2, 0.25) is 0 Å². The molecule has 108 valence electrons. The van der Waals surface area contributed by atoms with Crippen molar-refractivity contribution in [2.45, 2.75) is 39.5 Å². The molecule has 0 saturated carbocycles. The number of urea groups is 1. The van der Waals surface area contributed by atoms with Crippen molar-refractivity contribution in [1.29, 1.82) is 0 Å². The largest absolute Gasteiger partial charge is 0.481 e. The summed E-state index contributed by atoms with van der Waals surface area (Å²) in [6.45, 7) is 6.79. The van der Waals surface area contributed by atoms with Gasteiger partial charge in [-0.25, -0.2) is 4.79 Å². The molecular weight excluding hydrogens is 244 g/mol. The van der Waals surface area contributed by atoms with Gasteiger partial charge in [0.25, 0.3) is 0 Å². The van der Waals surface area contributed by atoms with Crippen LogP contribution in [0.1, 0.15) is 39.5 Å². The van der Waals surface area contributed by atoms with E-state index in [1.165, 1.54) is 0 Å². The van der Waals surface area contributed by atoms with Crippen molar-refractivity contribution < 1.29 is 14.7 Å². The first-order valence-electron chi connectivity index (χ1n) is 7.23. The average Bonchev–Trinajstić information content (AvgIpc) is 2.87. The van der Waals surface area contributed by atoms with E-state index in [9.17, 15) is 14.7 Å². The van der Waals surface area contributed by atoms with Gasteiger partial charge in [0.1, 0.15) is 0 Å². The Morgan fingerprint density at radius 2 is 1.84 bits per heavy atom. The molecule has 0 spiro atoms. The number of amides is 2. The second-order valence-electron chi connectivity index (χ2n) is 6.14. The number of carbonyl (C=O) groups excluding carboxylic acids is 1. The lowest BCUT2D eigenvalue weighted by Gasteiger charge is -2.38. The molecule has 0 aromatic carbocycles. The number of hydrogen-bond donors (Lipinski definition) is 1. The smallest absolute Gasteiger partial charge is 0.320 e. The normalized spacial score (nSPS) is 26.5. The SMILES string of the molecule is CCC1CCN(C(=O)N2CCC(C)(C(=O)O)CC2)C1. The Hall–Kier alpha value is -1.26. The predicted molar refractivity (Wildman–Crippen MR) is 71.9 cm³/mol. The van der Waals surface area contributed by atoms with Crippen LogP contribution in [-0.4, -0.2) is 53.1 Å². The second-order valence-corrected chi connectivity index (χ2v) is 6.14. The van der Waals surface area contributed by atoms with Gasteiger partial charge in [-0.15, -0.1) is 0 Å². The average molecular weight is 268 g/mol. The number of piperidine rings is 1. The third-order valence-corrected chi connectivity index (χ3v) is 4.79. The van der Waals surface area contributed by atoms with Gasteiger partial charge in [0, 0.05) is 26.2 Å². The van der Waals surface area contributed by atoms with E-state index < -0.39 is 11.4 Å². The van der Waals surface area contributed by atoms with E-state index >= 15 is 0 Å². The highest BCUT2D eigenvalue weighted by Gasteiger charge is 2.39. The molecule has 0 aliphatic carbocycles.